The molecule has 4 aromatic rings. The zero-order valence-electron chi connectivity index (χ0n) is 15.9. The first kappa shape index (κ1) is 18.3. The molecule has 2 aromatic heterocycles. The molecule has 1 aliphatic rings. The van der Waals surface area contributed by atoms with Gasteiger partial charge in [-0.25, -0.2) is 0 Å². The van der Waals surface area contributed by atoms with Crippen molar-refractivity contribution in [3.05, 3.63) is 74.6 Å². The lowest BCUT2D eigenvalue weighted by molar-refractivity contribution is 0.0970. The minimum atomic E-state index is -0.796. The summed E-state index contributed by atoms with van der Waals surface area (Å²) in [5, 5.41) is 19.5. The topological polar surface area (TPSA) is 106 Å². The van der Waals surface area contributed by atoms with Gasteiger partial charge >= 0.3 is 0 Å². The van der Waals surface area contributed by atoms with E-state index in [1.165, 1.54) is 29.4 Å². The van der Waals surface area contributed by atoms with Crippen LogP contribution >= 0.6 is 11.3 Å². The van der Waals surface area contributed by atoms with Gasteiger partial charge in [0.2, 0.25) is 10.9 Å². The number of carbonyl (C=O) groups excluding carboxylic acids is 1. The van der Waals surface area contributed by atoms with Crippen molar-refractivity contribution < 1.29 is 19.1 Å². The normalized spacial score (nSPS) is 15.6. The van der Waals surface area contributed by atoms with Gasteiger partial charge in [-0.2, -0.15) is 0 Å². The molecule has 3 heterocycles. The van der Waals surface area contributed by atoms with Gasteiger partial charge in [-0.05, 0) is 36.8 Å². The van der Waals surface area contributed by atoms with Gasteiger partial charge < -0.3 is 14.3 Å². The lowest BCUT2D eigenvalue weighted by Crippen LogP contribution is -2.29. The fraction of sp³-hybridized carbons (Fsp3) is 0.143. The summed E-state index contributed by atoms with van der Waals surface area (Å²) in [4.78, 5) is 28.2. The molecule has 5 rings (SSSR count). The van der Waals surface area contributed by atoms with Gasteiger partial charge in [0.25, 0.3) is 5.91 Å². The Labute approximate surface area is 174 Å². The fourth-order valence-corrected chi connectivity index (χ4v) is 4.39. The number of hydrogen-bond acceptors (Lipinski definition) is 8. The van der Waals surface area contributed by atoms with Crippen molar-refractivity contribution in [3.63, 3.8) is 0 Å². The van der Waals surface area contributed by atoms with E-state index in [1.54, 1.807) is 43.3 Å². The summed E-state index contributed by atoms with van der Waals surface area (Å²) in [6, 6.07) is 10.7. The predicted molar refractivity (Wildman–Crippen MR) is 110 cm³/mol. The van der Waals surface area contributed by atoms with Crippen molar-refractivity contribution in [2.45, 2.75) is 13.0 Å². The third-order valence-electron chi connectivity index (χ3n) is 5.02. The Hall–Kier alpha value is -3.72. The highest BCUT2D eigenvalue weighted by Crippen LogP contribution is 2.43. The third kappa shape index (κ3) is 2.59. The first-order valence-electron chi connectivity index (χ1n) is 9.06. The maximum atomic E-state index is 13.4. The molecule has 0 saturated carbocycles. The van der Waals surface area contributed by atoms with Crippen molar-refractivity contribution in [2.75, 3.05) is 12.0 Å². The van der Waals surface area contributed by atoms with E-state index in [0.29, 0.717) is 26.7 Å². The van der Waals surface area contributed by atoms with E-state index in [1.807, 2.05) is 0 Å². The van der Waals surface area contributed by atoms with Crippen LogP contribution in [-0.2, 0) is 0 Å². The molecule has 0 fully saturated rings. The average Bonchev–Trinajstić information content (AvgIpc) is 3.30. The van der Waals surface area contributed by atoms with Crippen LogP contribution in [0.2, 0.25) is 0 Å². The molecule has 2 aromatic carbocycles. The van der Waals surface area contributed by atoms with Gasteiger partial charge in [0.15, 0.2) is 16.9 Å². The van der Waals surface area contributed by atoms with Crippen molar-refractivity contribution in [3.8, 4) is 11.5 Å². The molecule has 8 nitrogen and oxygen atoms in total. The smallest absolute Gasteiger partial charge is 0.297 e. The number of aromatic hydroxyl groups is 1. The van der Waals surface area contributed by atoms with Gasteiger partial charge in [0.1, 0.15) is 10.6 Å². The molecule has 1 unspecified atom stereocenters. The number of rotatable bonds is 3. The molecule has 9 heteroatoms. The molecule has 150 valence electrons. The van der Waals surface area contributed by atoms with Crippen molar-refractivity contribution >= 4 is 33.3 Å². The standard InChI is InChI=1S/C21H15N3O5S/c1-10-22-23-21(30-10)24-17(11-7-8-13(25)15(9-11)28-2)16-18(26)12-5-3-4-6-14(12)29-19(16)20(24)27/h3-9,17,25H,1-2H3. The number of carbonyl (C=O) groups is 1. The number of benzene rings is 2. The minimum absolute atomic E-state index is 0.0244. The fourth-order valence-electron chi connectivity index (χ4n) is 3.68. The molecule has 1 atom stereocenters. The second-order valence-electron chi connectivity index (χ2n) is 6.78. The summed E-state index contributed by atoms with van der Waals surface area (Å²) in [6.45, 7) is 1.78. The Morgan fingerprint density at radius 3 is 2.70 bits per heavy atom. The lowest BCUT2D eigenvalue weighted by atomic mass is 9.98. The number of phenols is 1. The first-order chi connectivity index (χ1) is 14.5. The summed E-state index contributed by atoms with van der Waals surface area (Å²) >= 11 is 1.24. The highest BCUT2D eigenvalue weighted by atomic mass is 32.1. The number of phenolic OH excluding ortho intramolecular Hbond substituents is 1. The number of nitrogens with zero attached hydrogens (tertiary/aromatic N) is 3. The minimum Gasteiger partial charge on any atom is -0.504 e. The maximum absolute atomic E-state index is 13.4. The van der Waals surface area contributed by atoms with Crippen LogP contribution < -0.4 is 15.1 Å². The summed E-state index contributed by atoms with van der Waals surface area (Å²) in [5.74, 6) is -0.314. The van der Waals surface area contributed by atoms with E-state index < -0.39 is 11.9 Å². The number of aromatic nitrogens is 2. The zero-order chi connectivity index (χ0) is 21.0. The van der Waals surface area contributed by atoms with Crippen LogP contribution in [0.25, 0.3) is 11.0 Å². The van der Waals surface area contributed by atoms with E-state index in [4.69, 9.17) is 9.15 Å². The number of hydrogen-bond donors (Lipinski definition) is 1. The van der Waals surface area contributed by atoms with Gasteiger partial charge in [0.05, 0.1) is 24.1 Å². The molecule has 1 aliphatic heterocycles. The van der Waals surface area contributed by atoms with Crippen LogP contribution in [0, 0.1) is 6.92 Å². The summed E-state index contributed by atoms with van der Waals surface area (Å²) in [5.41, 5.74) is 0.847. The Morgan fingerprint density at radius 1 is 1.17 bits per heavy atom. The Kier molecular flexibility index (Phi) is 4.07. The molecule has 30 heavy (non-hydrogen) atoms. The molecule has 0 radical (unpaired) electrons. The number of para-hydroxylation sites is 1. The number of amides is 1. The SMILES string of the molecule is COc1cc(C2c3c(oc4ccccc4c3=O)C(=O)N2c2nnc(C)s2)ccc1O. The molecule has 0 bridgehead atoms. The summed E-state index contributed by atoms with van der Waals surface area (Å²) in [7, 11) is 1.43. The van der Waals surface area contributed by atoms with E-state index in [0.717, 1.165) is 0 Å². The number of anilines is 1. The third-order valence-corrected chi connectivity index (χ3v) is 5.86. The number of methoxy groups -OCH3 is 1. The van der Waals surface area contributed by atoms with Gasteiger partial charge in [-0.15, -0.1) is 10.2 Å². The van der Waals surface area contributed by atoms with Crippen LogP contribution in [0.15, 0.2) is 51.7 Å². The molecule has 0 saturated heterocycles. The maximum Gasteiger partial charge on any atom is 0.297 e. The van der Waals surface area contributed by atoms with E-state index in [2.05, 4.69) is 10.2 Å². The van der Waals surface area contributed by atoms with Gasteiger partial charge in [-0.3, -0.25) is 14.5 Å². The summed E-state index contributed by atoms with van der Waals surface area (Å²) in [6.07, 6.45) is 0. The molecule has 1 amide bonds. The van der Waals surface area contributed by atoms with Crippen LogP contribution in [0.5, 0.6) is 11.5 Å². The molecule has 0 spiro atoms. The number of fused-ring (bicyclic) bond motifs is 2. The Morgan fingerprint density at radius 2 is 1.97 bits per heavy atom. The van der Waals surface area contributed by atoms with E-state index in [9.17, 15) is 14.7 Å². The zero-order valence-corrected chi connectivity index (χ0v) is 16.8. The van der Waals surface area contributed by atoms with Crippen molar-refractivity contribution in [1.82, 2.24) is 10.2 Å². The second kappa shape index (κ2) is 6.67. The Balaban J connectivity index is 1.82. The van der Waals surface area contributed by atoms with Crippen molar-refractivity contribution in [2.24, 2.45) is 0 Å². The monoisotopic (exact) mass is 421 g/mol. The van der Waals surface area contributed by atoms with Crippen LogP contribution in [0.4, 0.5) is 5.13 Å². The highest BCUT2D eigenvalue weighted by molar-refractivity contribution is 7.15. The number of aryl methyl sites for hydroxylation is 1. The highest BCUT2D eigenvalue weighted by Gasteiger charge is 2.45. The van der Waals surface area contributed by atoms with Crippen LogP contribution in [0.1, 0.15) is 32.7 Å². The molecule has 0 aliphatic carbocycles. The van der Waals surface area contributed by atoms with E-state index >= 15 is 0 Å². The number of ether oxygens (including phenoxy) is 1. The predicted octanol–water partition coefficient (Wildman–Crippen LogP) is 3.42. The van der Waals surface area contributed by atoms with Crippen molar-refractivity contribution in [1.29, 1.82) is 0 Å². The lowest BCUT2D eigenvalue weighted by Gasteiger charge is -2.22. The van der Waals surface area contributed by atoms with Gasteiger partial charge in [0, 0.05) is 0 Å². The average molecular weight is 421 g/mol. The molecular formula is C21H15N3O5S. The van der Waals surface area contributed by atoms with Gasteiger partial charge in [-0.1, -0.05) is 29.5 Å². The van der Waals surface area contributed by atoms with E-state index in [-0.39, 0.29) is 28.3 Å². The molecular weight excluding hydrogens is 406 g/mol. The van der Waals surface area contributed by atoms with Crippen LogP contribution in [-0.4, -0.2) is 28.3 Å². The Bertz CT molecular complexity index is 1380. The quantitative estimate of drug-likeness (QED) is 0.540. The first-order valence-corrected chi connectivity index (χ1v) is 9.87. The van der Waals surface area contributed by atoms with Crippen LogP contribution in [0.3, 0.4) is 0 Å². The summed E-state index contributed by atoms with van der Waals surface area (Å²) < 4.78 is 11.1. The molecule has 1 N–H and O–H groups in total. The second-order valence-corrected chi connectivity index (χ2v) is 7.94. The largest absolute Gasteiger partial charge is 0.504 e.